The van der Waals surface area contributed by atoms with Gasteiger partial charge in [0.25, 0.3) is 0 Å². The Labute approximate surface area is 204 Å². The lowest BCUT2D eigenvalue weighted by Crippen LogP contribution is -2.34. The van der Waals surface area contributed by atoms with Gasteiger partial charge in [-0.25, -0.2) is 4.98 Å². The third-order valence-corrected chi connectivity index (χ3v) is 7.34. The van der Waals surface area contributed by atoms with Gasteiger partial charge in [0.15, 0.2) is 0 Å². The average Bonchev–Trinajstić information content (AvgIpc) is 3.20. The Kier molecular flexibility index (Phi) is 5.49. The van der Waals surface area contributed by atoms with Crippen molar-refractivity contribution < 1.29 is 4.79 Å². The van der Waals surface area contributed by atoms with E-state index in [0.29, 0.717) is 22.9 Å². The van der Waals surface area contributed by atoms with Crippen molar-refractivity contribution in [1.29, 1.82) is 0 Å². The second kappa shape index (κ2) is 8.10. The fourth-order valence-electron chi connectivity index (χ4n) is 4.40. The van der Waals surface area contributed by atoms with Crippen LogP contribution in [0.3, 0.4) is 0 Å². The first-order valence-corrected chi connectivity index (χ1v) is 12.2. The van der Waals surface area contributed by atoms with Crippen LogP contribution in [0.15, 0.2) is 30.3 Å². The minimum atomic E-state index is -0.434. The maximum atomic E-state index is 12.2. The molecule has 1 spiro atoms. The molecule has 0 radical (unpaired) electrons. The second-order valence-corrected chi connectivity index (χ2v) is 11.3. The van der Waals surface area contributed by atoms with Gasteiger partial charge in [0.2, 0.25) is 11.9 Å². The van der Waals surface area contributed by atoms with Gasteiger partial charge in [-0.15, -0.1) is 0 Å². The first-order valence-electron chi connectivity index (χ1n) is 11.4. The van der Waals surface area contributed by atoms with Gasteiger partial charge in [-0.05, 0) is 54.5 Å². The zero-order chi connectivity index (χ0) is 23.4. The Hall–Kier alpha value is -2.44. The standard InChI is InChI=1S/C25H29Cl2N5O/c1-24(2,3)22(33)28-13-15-4-5-16(26)18(10-15)29-23-30-19-11-17(27)21(12-20(19)31-23)32-9-8-25(14-32)6-7-25/h4-5,10-12H,6-9,13-14H2,1-3H3,(H,28,33)(H2,29,30,31). The Morgan fingerprint density at radius 3 is 2.64 bits per heavy atom. The van der Waals surface area contributed by atoms with Crippen molar-refractivity contribution in [2.75, 3.05) is 23.3 Å². The van der Waals surface area contributed by atoms with Crippen molar-refractivity contribution >= 4 is 57.5 Å². The molecule has 3 N–H and O–H groups in total. The molecule has 1 aliphatic heterocycles. The van der Waals surface area contributed by atoms with Crippen LogP contribution in [0.1, 0.15) is 45.6 Å². The minimum Gasteiger partial charge on any atom is -0.370 e. The number of hydrogen-bond acceptors (Lipinski definition) is 4. The van der Waals surface area contributed by atoms with E-state index in [1.807, 2.05) is 45.0 Å². The third-order valence-electron chi connectivity index (χ3n) is 6.70. The number of carbonyl (C=O) groups is 1. The van der Waals surface area contributed by atoms with Crippen LogP contribution in [0.5, 0.6) is 0 Å². The van der Waals surface area contributed by atoms with Gasteiger partial charge in [-0.3, -0.25) is 4.79 Å². The molecule has 0 atom stereocenters. The molecule has 1 saturated heterocycles. The van der Waals surface area contributed by atoms with Crippen molar-refractivity contribution in [1.82, 2.24) is 15.3 Å². The molecular formula is C25H29Cl2N5O. The molecule has 1 amide bonds. The minimum absolute atomic E-state index is 0.00235. The second-order valence-electron chi connectivity index (χ2n) is 10.4. The molecule has 6 nitrogen and oxygen atoms in total. The van der Waals surface area contributed by atoms with Crippen LogP contribution in [0.25, 0.3) is 11.0 Å². The molecule has 174 valence electrons. The maximum absolute atomic E-state index is 12.2. The van der Waals surface area contributed by atoms with E-state index in [1.54, 1.807) is 0 Å². The van der Waals surface area contributed by atoms with Crippen LogP contribution in [0.4, 0.5) is 17.3 Å². The monoisotopic (exact) mass is 485 g/mol. The number of aromatic amines is 1. The molecule has 8 heteroatoms. The molecule has 2 fully saturated rings. The number of halogens is 2. The summed E-state index contributed by atoms with van der Waals surface area (Å²) in [5.41, 5.74) is 4.57. The molecule has 1 aromatic heterocycles. The van der Waals surface area contributed by atoms with E-state index >= 15 is 0 Å². The number of nitrogens with zero attached hydrogens (tertiary/aromatic N) is 2. The molecule has 1 saturated carbocycles. The van der Waals surface area contributed by atoms with E-state index in [1.165, 1.54) is 19.3 Å². The Morgan fingerprint density at radius 1 is 1.15 bits per heavy atom. The highest BCUT2D eigenvalue weighted by molar-refractivity contribution is 6.34. The van der Waals surface area contributed by atoms with Gasteiger partial charge < -0.3 is 20.5 Å². The van der Waals surface area contributed by atoms with E-state index < -0.39 is 5.41 Å². The van der Waals surface area contributed by atoms with Gasteiger partial charge in [0, 0.05) is 25.0 Å². The summed E-state index contributed by atoms with van der Waals surface area (Å²) >= 11 is 13.1. The van der Waals surface area contributed by atoms with Crippen LogP contribution in [-0.2, 0) is 11.3 Å². The lowest BCUT2D eigenvalue weighted by atomic mass is 9.95. The van der Waals surface area contributed by atoms with Crippen molar-refractivity contribution in [3.05, 3.63) is 45.9 Å². The van der Waals surface area contributed by atoms with Crippen molar-refractivity contribution in [3.63, 3.8) is 0 Å². The van der Waals surface area contributed by atoms with E-state index in [4.69, 9.17) is 23.2 Å². The lowest BCUT2D eigenvalue weighted by molar-refractivity contribution is -0.128. The number of benzene rings is 2. The number of carbonyl (C=O) groups excluding carboxylic acids is 1. The number of hydrogen-bond donors (Lipinski definition) is 3. The topological polar surface area (TPSA) is 73.1 Å². The molecule has 2 aliphatic rings. The summed E-state index contributed by atoms with van der Waals surface area (Å²) in [6, 6.07) is 9.67. The number of anilines is 3. The summed E-state index contributed by atoms with van der Waals surface area (Å²) in [6.45, 7) is 8.25. The average molecular weight is 486 g/mol. The summed E-state index contributed by atoms with van der Waals surface area (Å²) < 4.78 is 0. The zero-order valence-corrected chi connectivity index (χ0v) is 20.7. The van der Waals surface area contributed by atoms with Crippen molar-refractivity contribution in [2.45, 2.75) is 46.6 Å². The summed E-state index contributed by atoms with van der Waals surface area (Å²) in [4.78, 5) is 22.6. The van der Waals surface area contributed by atoms with Gasteiger partial charge in [-0.2, -0.15) is 0 Å². The van der Waals surface area contributed by atoms with Crippen molar-refractivity contribution in [2.24, 2.45) is 10.8 Å². The smallest absolute Gasteiger partial charge is 0.225 e. The van der Waals surface area contributed by atoms with E-state index in [9.17, 15) is 4.79 Å². The summed E-state index contributed by atoms with van der Waals surface area (Å²) in [5.74, 6) is 0.596. The molecule has 3 aromatic rings. The van der Waals surface area contributed by atoms with Gasteiger partial charge in [0.1, 0.15) is 0 Å². The molecular weight excluding hydrogens is 457 g/mol. The predicted molar refractivity (Wildman–Crippen MR) is 136 cm³/mol. The highest BCUT2D eigenvalue weighted by Gasteiger charge is 2.48. The predicted octanol–water partition coefficient (Wildman–Crippen LogP) is 6.27. The highest BCUT2D eigenvalue weighted by atomic mass is 35.5. The van der Waals surface area contributed by atoms with E-state index in [2.05, 4.69) is 31.6 Å². The van der Waals surface area contributed by atoms with Crippen LogP contribution < -0.4 is 15.5 Å². The number of rotatable bonds is 5. The van der Waals surface area contributed by atoms with Gasteiger partial charge >= 0.3 is 0 Å². The SMILES string of the molecule is CC(C)(C)C(=O)NCc1ccc(Cl)c(Nc2nc3cc(Cl)c(N4CCC5(CC5)C4)cc3[nH]2)c1. The first-order chi connectivity index (χ1) is 15.6. The number of imidazole rings is 1. The fourth-order valence-corrected chi connectivity index (χ4v) is 4.84. The normalized spacial score (nSPS) is 17.1. The highest BCUT2D eigenvalue weighted by Crippen LogP contribution is 2.54. The summed E-state index contributed by atoms with van der Waals surface area (Å²) in [6.07, 6.45) is 3.92. The Morgan fingerprint density at radius 2 is 1.94 bits per heavy atom. The lowest BCUT2D eigenvalue weighted by Gasteiger charge is -2.20. The quantitative estimate of drug-likeness (QED) is 0.398. The van der Waals surface area contributed by atoms with E-state index in [0.717, 1.165) is 46.1 Å². The molecule has 2 heterocycles. The van der Waals surface area contributed by atoms with E-state index in [-0.39, 0.29) is 5.91 Å². The van der Waals surface area contributed by atoms with Crippen LogP contribution >= 0.6 is 23.2 Å². The Bertz CT molecular complexity index is 1230. The maximum Gasteiger partial charge on any atom is 0.225 e. The van der Waals surface area contributed by atoms with Crippen molar-refractivity contribution in [3.8, 4) is 0 Å². The molecule has 33 heavy (non-hydrogen) atoms. The van der Waals surface area contributed by atoms with Crippen LogP contribution in [0, 0.1) is 10.8 Å². The fraction of sp³-hybridized carbons (Fsp3) is 0.440. The Balaban J connectivity index is 1.34. The number of amides is 1. The molecule has 0 bridgehead atoms. The van der Waals surface area contributed by atoms with Gasteiger partial charge in [0.05, 0.1) is 32.5 Å². The molecule has 0 unspecified atom stereocenters. The van der Waals surface area contributed by atoms with Gasteiger partial charge in [-0.1, -0.05) is 50.0 Å². The molecule has 2 aromatic carbocycles. The third kappa shape index (κ3) is 4.64. The van der Waals surface area contributed by atoms with Crippen LogP contribution in [0.2, 0.25) is 10.0 Å². The largest absolute Gasteiger partial charge is 0.370 e. The molecule has 1 aliphatic carbocycles. The zero-order valence-electron chi connectivity index (χ0n) is 19.2. The number of nitrogens with one attached hydrogen (secondary N) is 3. The van der Waals surface area contributed by atoms with Crippen LogP contribution in [-0.4, -0.2) is 29.0 Å². The molecule has 5 rings (SSSR count). The number of aromatic nitrogens is 2. The summed E-state index contributed by atoms with van der Waals surface area (Å²) in [7, 11) is 0. The summed E-state index contributed by atoms with van der Waals surface area (Å²) in [5, 5.41) is 7.56. The first kappa shape index (κ1) is 22.4. The number of H-pyrrole nitrogens is 1. The number of fused-ring (bicyclic) bond motifs is 1.